The molecule has 1 amide bonds. The van der Waals surface area contributed by atoms with Crippen LogP contribution in [0, 0.1) is 5.92 Å². The van der Waals surface area contributed by atoms with E-state index in [1.54, 1.807) is 0 Å². The fourth-order valence-electron chi connectivity index (χ4n) is 4.89. The van der Waals surface area contributed by atoms with Gasteiger partial charge in [0.25, 0.3) is 0 Å². The molecule has 8 heteroatoms. The van der Waals surface area contributed by atoms with E-state index in [2.05, 4.69) is 28.5 Å². The first-order valence-corrected chi connectivity index (χ1v) is 11.8. The zero-order valence-electron chi connectivity index (χ0n) is 18.8. The summed E-state index contributed by atoms with van der Waals surface area (Å²) in [7, 11) is 0. The predicted molar refractivity (Wildman–Crippen MR) is 116 cm³/mol. The largest absolute Gasteiger partial charge is 0.481 e. The predicted octanol–water partition coefficient (Wildman–Crippen LogP) is 1.80. The molecule has 172 valence electrons. The van der Waals surface area contributed by atoms with E-state index in [-0.39, 0.29) is 18.6 Å². The van der Waals surface area contributed by atoms with Crippen LogP contribution >= 0.6 is 0 Å². The number of piperazine rings is 1. The van der Waals surface area contributed by atoms with Crippen molar-refractivity contribution in [1.29, 1.82) is 0 Å². The highest BCUT2D eigenvalue weighted by atomic mass is 16.6. The number of cyclic esters (lactones) is 1. The van der Waals surface area contributed by atoms with Gasteiger partial charge in [-0.15, -0.1) is 0 Å². The Labute approximate surface area is 181 Å². The maximum Gasteiger partial charge on any atom is 0.410 e. The average molecular weight is 425 g/mol. The monoisotopic (exact) mass is 424 g/mol. The van der Waals surface area contributed by atoms with Gasteiger partial charge < -0.3 is 24.5 Å². The summed E-state index contributed by atoms with van der Waals surface area (Å²) >= 11 is 0. The van der Waals surface area contributed by atoms with E-state index in [1.807, 2.05) is 4.90 Å². The lowest BCUT2D eigenvalue weighted by molar-refractivity contribution is -0.137. The topological polar surface area (TPSA) is 76.6 Å². The van der Waals surface area contributed by atoms with Gasteiger partial charge in [-0.2, -0.15) is 0 Å². The molecule has 1 N–H and O–H groups in total. The number of ether oxygens (including phenoxy) is 1. The molecule has 30 heavy (non-hydrogen) atoms. The van der Waals surface area contributed by atoms with Crippen LogP contribution in [-0.4, -0.2) is 114 Å². The molecule has 1 unspecified atom stereocenters. The van der Waals surface area contributed by atoms with Gasteiger partial charge in [0.2, 0.25) is 0 Å². The molecular weight excluding hydrogens is 384 g/mol. The van der Waals surface area contributed by atoms with Crippen molar-refractivity contribution in [2.45, 2.75) is 58.1 Å². The molecule has 0 spiro atoms. The van der Waals surface area contributed by atoms with Crippen molar-refractivity contribution in [2.75, 3.05) is 65.4 Å². The number of carboxylic acids is 1. The van der Waals surface area contributed by atoms with Crippen LogP contribution in [0.5, 0.6) is 0 Å². The van der Waals surface area contributed by atoms with Gasteiger partial charge in [0.1, 0.15) is 6.10 Å². The molecule has 0 aromatic heterocycles. The number of hydrogen-bond acceptors (Lipinski definition) is 6. The second-order valence-corrected chi connectivity index (χ2v) is 9.45. The molecule has 0 aliphatic carbocycles. The third-order valence-electron chi connectivity index (χ3n) is 6.93. The Morgan fingerprint density at radius 2 is 1.73 bits per heavy atom. The molecule has 8 nitrogen and oxygen atoms in total. The summed E-state index contributed by atoms with van der Waals surface area (Å²) in [5.74, 6) is 0.00307. The number of piperidine rings is 1. The summed E-state index contributed by atoms with van der Waals surface area (Å²) in [5.41, 5.74) is 0. The van der Waals surface area contributed by atoms with E-state index in [9.17, 15) is 9.59 Å². The lowest BCUT2D eigenvalue weighted by atomic mass is 9.93. The van der Waals surface area contributed by atoms with Gasteiger partial charge in [0.05, 0.1) is 6.54 Å². The van der Waals surface area contributed by atoms with Crippen LogP contribution in [0.4, 0.5) is 4.79 Å². The Morgan fingerprint density at radius 3 is 2.37 bits per heavy atom. The standard InChI is InChI=1S/C22H40N4O4/c1-18(2)25-9-5-19(6-10-25)7-11-26-17-20(30-22(26)29)16-24-14-12-23(13-15-24)8-3-4-21(27)28/h18-20H,3-17H2,1-2H3,(H,27,28). The van der Waals surface area contributed by atoms with Crippen LogP contribution in [0.3, 0.4) is 0 Å². The second kappa shape index (κ2) is 11.3. The molecule has 0 radical (unpaired) electrons. The normalized spacial score (nSPS) is 25.2. The second-order valence-electron chi connectivity index (χ2n) is 9.45. The van der Waals surface area contributed by atoms with Gasteiger partial charge in [-0.25, -0.2) is 4.79 Å². The van der Waals surface area contributed by atoms with E-state index >= 15 is 0 Å². The number of likely N-dealkylation sites (tertiary alicyclic amines) is 1. The van der Waals surface area contributed by atoms with Crippen molar-refractivity contribution in [3.63, 3.8) is 0 Å². The first-order valence-electron chi connectivity index (χ1n) is 11.8. The van der Waals surface area contributed by atoms with Crippen molar-refractivity contribution in [2.24, 2.45) is 5.92 Å². The Balaban J connectivity index is 1.30. The number of rotatable bonds is 10. The van der Waals surface area contributed by atoms with Crippen LogP contribution in [0.1, 0.15) is 46.0 Å². The van der Waals surface area contributed by atoms with Crippen molar-refractivity contribution in [1.82, 2.24) is 19.6 Å². The molecule has 3 rings (SSSR count). The van der Waals surface area contributed by atoms with E-state index in [4.69, 9.17) is 9.84 Å². The molecule has 1 atom stereocenters. The number of carbonyl (C=O) groups is 2. The van der Waals surface area contributed by atoms with Crippen molar-refractivity contribution < 1.29 is 19.4 Å². The Bertz CT molecular complexity index is 557. The summed E-state index contributed by atoms with van der Waals surface area (Å²) in [6.45, 7) is 13.9. The molecule has 0 aromatic rings. The average Bonchev–Trinajstić information content (AvgIpc) is 3.06. The molecule has 3 saturated heterocycles. The highest BCUT2D eigenvalue weighted by Gasteiger charge is 2.33. The summed E-state index contributed by atoms with van der Waals surface area (Å²) in [5, 5.41) is 8.76. The maximum absolute atomic E-state index is 12.3. The van der Waals surface area contributed by atoms with Crippen LogP contribution in [0.2, 0.25) is 0 Å². The van der Waals surface area contributed by atoms with Gasteiger partial charge in [-0.1, -0.05) is 0 Å². The van der Waals surface area contributed by atoms with Crippen LogP contribution < -0.4 is 0 Å². The molecule has 3 aliphatic heterocycles. The van der Waals surface area contributed by atoms with Crippen molar-refractivity contribution in [3.05, 3.63) is 0 Å². The summed E-state index contributed by atoms with van der Waals surface area (Å²) in [6, 6.07) is 0.631. The van der Waals surface area contributed by atoms with Gasteiger partial charge in [-0.05, 0) is 65.1 Å². The smallest absolute Gasteiger partial charge is 0.410 e. The highest BCUT2D eigenvalue weighted by Crippen LogP contribution is 2.23. The number of aliphatic carboxylic acids is 1. The van der Waals surface area contributed by atoms with E-state index in [1.165, 1.54) is 25.9 Å². The lowest BCUT2D eigenvalue weighted by Crippen LogP contribution is -2.49. The van der Waals surface area contributed by atoms with Crippen LogP contribution in [-0.2, 0) is 9.53 Å². The SMILES string of the molecule is CC(C)N1CCC(CCN2CC(CN3CCN(CCCC(=O)O)CC3)OC2=O)CC1. The summed E-state index contributed by atoms with van der Waals surface area (Å²) in [6.07, 6.45) is 4.34. The molecule has 3 heterocycles. The van der Waals surface area contributed by atoms with E-state index < -0.39 is 5.97 Å². The molecular formula is C22H40N4O4. The minimum Gasteiger partial charge on any atom is -0.481 e. The molecule has 0 aromatic carbocycles. The Hall–Kier alpha value is -1.38. The highest BCUT2D eigenvalue weighted by molar-refractivity contribution is 5.69. The maximum atomic E-state index is 12.3. The quantitative estimate of drug-likeness (QED) is 0.573. The molecule has 0 bridgehead atoms. The zero-order chi connectivity index (χ0) is 21.5. The molecule has 3 fully saturated rings. The third kappa shape index (κ3) is 7.10. The third-order valence-corrected chi connectivity index (χ3v) is 6.93. The van der Waals surface area contributed by atoms with Crippen molar-refractivity contribution in [3.8, 4) is 0 Å². The van der Waals surface area contributed by atoms with E-state index in [0.717, 1.165) is 58.2 Å². The van der Waals surface area contributed by atoms with Crippen molar-refractivity contribution >= 4 is 12.1 Å². The number of amides is 1. The van der Waals surface area contributed by atoms with Gasteiger partial charge >= 0.3 is 12.1 Å². The van der Waals surface area contributed by atoms with Gasteiger partial charge in [-0.3, -0.25) is 9.69 Å². The Kier molecular flexibility index (Phi) is 8.77. The zero-order valence-corrected chi connectivity index (χ0v) is 18.8. The number of carboxylic acid groups (broad SMARTS) is 1. The summed E-state index contributed by atoms with van der Waals surface area (Å²) < 4.78 is 5.64. The number of carbonyl (C=O) groups excluding carboxylic acids is 1. The first kappa shape index (κ1) is 23.3. The fourth-order valence-corrected chi connectivity index (χ4v) is 4.89. The van der Waals surface area contributed by atoms with Crippen LogP contribution in [0.25, 0.3) is 0 Å². The lowest BCUT2D eigenvalue weighted by Gasteiger charge is -2.35. The summed E-state index contributed by atoms with van der Waals surface area (Å²) in [4.78, 5) is 32.1. The first-order chi connectivity index (χ1) is 14.4. The van der Waals surface area contributed by atoms with Gasteiger partial charge in [0.15, 0.2) is 0 Å². The minimum atomic E-state index is -0.720. The van der Waals surface area contributed by atoms with Crippen LogP contribution in [0.15, 0.2) is 0 Å². The number of hydrogen-bond donors (Lipinski definition) is 1. The Morgan fingerprint density at radius 1 is 1.07 bits per heavy atom. The van der Waals surface area contributed by atoms with E-state index in [0.29, 0.717) is 19.0 Å². The minimum absolute atomic E-state index is 0.0288. The number of nitrogens with zero attached hydrogens (tertiary/aromatic N) is 4. The molecule has 0 saturated carbocycles. The van der Waals surface area contributed by atoms with Gasteiger partial charge in [0, 0.05) is 51.7 Å². The molecule has 3 aliphatic rings. The fraction of sp³-hybridized carbons (Fsp3) is 0.909.